The highest BCUT2D eigenvalue weighted by molar-refractivity contribution is 6.31. The van der Waals surface area contributed by atoms with Crippen molar-refractivity contribution >= 4 is 11.6 Å². The summed E-state index contributed by atoms with van der Waals surface area (Å²) in [5, 5.41) is -1.08. The normalized spacial score (nSPS) is 12.2. The molecule has 0 aliphatic carbocycles. The summed E-state index contributed by atoms with van der Waals surface area (Å²) < 4.78 is 148. The van der Waals surface area contributed by atoms with Crippen LogP contribution >= 0.6 is 11.6 Å². The van der Waals surface area contributed by atoms with Crippen LogP contribution in [0.5, 0.6) is 11.5 Å². The van der Waals surface area contributed by atoms with Crippen molar-refractivity contribution in [2.75, 3.05) is 0 Å². The van der Waals surface area contributed by atoms with Crippen LogP contribution in [0.25, 0.3) is 22.3 Å². The van der Waals surface area contributed by atoms with E-state index in [1.165, 1.54) is 0 Å². The molecule has 250 valence electrons. The third-order valence-corrected chi connectivity index (χ3v) is 7.18. The Morgan fingerprint density at radius 2 is 1.23 bits per heavy atom. The number of aryl methyl sites for hydroxylation is 1. The van der Waals surface area contributed by atoms with Crippen LogP contribution in [0.15, 0.2) is 72.8 Å². The van der Waals surface area contributed by atoms with Crippen LogP contribution in [0.3, 0.4) is 0 Å². The molecule has 4 rings (SSSR count). The number of allylic oxidation sites excluding steroid dienone is 2. The number of hydrogen-bond acceptors (Lipinski definition) is 2. The lowest BCUT2D eigenvalue weighted by molar-refractivity contribution is -0.276. The van der Waals surface area contributed by atoms with Crippen LogP contribution in [0.4, 0.5) is 43.9 Å². The van der Waals surface area contributed by atoms with Crippen LogP contribution in [0.1, 0.15) is 43.7 Å². The second kappa shape index (κ2) is 14.7. The Balaban J connectivity index is 1.55. The van der Waals surface area contributed by atoms with E-state index in [4.69, 9.17) is 11.6 Å². The molecule has 0 aliphatic heterocycles. The topological polar surface area (TPSA) is 18.5 Å². The van der Waals surface area contributed by atoms with Gasteiger partial charge < -0.3 is 9.47 Å². The molecule has 0 saturated carbocycles. The third kappa shape index (κ3) is 9.00. The molecular formula is C34H25ClF10O2. The van der Waals surface area contributed by atoms with E-state index in [1.54, 1.807) is 12.1 Å². The van der Waals surface area contributed by atoms with Gasteiger partial charge in [-0.25, -0.2) is 22.0 Å². The summed E-state index contributed by atoms with van der Waals surface area (Å²) in [5.74, 6) is -11.5. The quantitative estimate of drug-likeness (QED) is 0.0837. The summed E-state index contributed by atoms with van der Waals surface area (Å²) in [5.41, 5.74) is -1.35. The minimum absolute atomic E-state index is 0.0506. The monoisotopic (exact) mass is 690 g/mol. The molecule has 0 radical (unpaired) electrons. The molecule has 0 atom stereocenters. The smallest absolute Gasteiger partial charge is 0.429 e. The number of halogens is 11. The van der Waals surface area contributed by atoms with Gasteiger partial charge in [-0.1, -0.05) is 67.8 Å². The molecular weight excluding hydrogens is 666 g/mol. The minimum Gasteiger partial charge on any atom is -0.429 e. The predicted octanol–water partition coefficient (Wildman–Crippen LogP) is 12.1. The molecule has 4 aromatic carbocycles. The molecule has 0 amide bonds. The van der Waals surface area contributed by atoms with Crippen molar-refractivity contribution in [3.8, 4) is 33.8 Å². The Morgan fingerprint density at radius 1 is 0.660 bits per heavy atom. The molecule has 0 saturated heterocycles. The average molecular weight is 691 g/mol. The lowest BCUT2D eigenvalue weighted by Gasteiger charge is -2.21. The number of benzene rings is 4. The van der Waals surface area contributed by atoms with E-state index >= 15 is 13.2 Å². The molecule has 0 fully saturated rings. The molecule has 0 aromatic heterocycles. The lowest BCUT2D eigenvalue weighted by Crippen LogP contribution is -2.24. The van der Waals surface area contributed by atoms with Gasteiger partial charge in [0.05, 0.1) is 10.6 Å². The molecule has 0 N–H and O–H groups in total. The Bertz CT molecular complexity index is 1680. The Kier molecular flexibility index (Phi) is 11.2. The number of ether oxygens (including phenoxy) is 2. The first kappa shape index (κ1) is 35.7. The zero-order valence-corrected chi connectivity index (χ0v) is 25.2. The van der Waals surface area contributed by atoms with Gasteiger partial charge in [0.2, 0.25) is 5.75 Å². The van der Waals surface area contributed by atoms with E-state index in [9.17, 15) is 30.7 Å². The van der Waals surface area contributed by atoms with E-state index in [-0.39, 0.29) is 17.7 Å². The van der Waals surface area contributed by atoms with E-state index in [1.807, 2.05) is 12.1 Å². The molecule has 0 aliphatic rings. The number of alkyl halides is 5. The van der Waals surface area contributed by atoms with Crippen LogP contribution in [0, 0.1) is 29.1 Å². The van der Waals surface area contributed by atoms with E-state index < -0.39 is 74.8 Å². The molecule has 13 heteroatoms. The minimum atomic E-state index is -5.50. The van der Waals surface area contributed by atoms with Crippen molar-refractivity contribution < 1.29 is 53.4 Å². The lowest BCUT2D eigenvalue weighted by atomic mass is 9.97. The maximum atomic E-state index is 15.2. The van der Waals surface area contributed by atoms with Gasteiger partial charge in [-0.3, -0.25) is 0 Å². The van der Waals surface area contributed by atoms with Gasteiger partial charge in [0.25, 0.3) is 0 Å². The van der Waals surface area contributed by atoms with Crippen molar-refractivity contribution in [2.45, 2.75) is 51.5 Å². The molecule has 0 heterocycles. The van der Waals surface area contributed by atoms with Crippen molar-refractivity contribution in [3.63, 3.8) is 0 Å². The zero-order valence-electron chi connectivity index (χ0n) is 24.4. The summed E-state index contributed by atoms with van der Waals surface area (Å²) >= 11 is 5.87. The first-order valence-corrected chi connectivity index (χ1v) is 14.5. The SMILES string of the molecule is CCCC/C=C/CCc1ccc(-c2cc(F)c(-c3cc(F)c(C(F)(F)Oc4cc(F)c(OC(F)(F)F)c(F)c4)c(Cl)c3)c(F)c2)cc1. The first-order valence-electron chi connectivity index (χ1n) is 14.1. The highest BCUT2D eigenvalue weighted by Crippen LogP contribution is 2.42. The molecule has 0 unspecified atom stereocenters. The van der Waals surface area contributed by atoms with E-state index in [0.29, 0.717) is 17.7 Å². The fraction of sp³-hybridized carbons (Fsp3) is 0.235. The van der Waals surface area contributed by atoms with E-state index in [2.05, 4.69) is 28.5 Å². The van der Waals surface area contributed by atoms with Gasteiger partial charge in [0.1, 0.15) is 28.8 Å². The summed E-state index contributed by atoms with van der Waals surface area (Å²) in [7, 11) is 0. The van der Waals surface area contributed by atoms with Crippen molar-refractivity contribution in [1.82, 2.24) is 0 Å². The van der Waals surface area contributed by atoms with Gasteiger partial charge in [-0.2, -0.15) is 8.78 Å². The Morgan fingerprint density at radius 3 is 1.79 bits per heavy atom. The molecule has 0 bridgehead atoms. The highest BCUT2D eigenvalue weighted by atomic mass is 35.5. The molecule has 47 heavy (non-hydrogen) atoms. The van der Waals surface area contributed by atoms with E-state index in [0.717, 1.165) is 49.8 Å². The van der Waals surface area contributed by atoms with Gasteiger partial charge in [0.15, 0.2) is 11.6 Å². The van der Waals surface area contributed by atoms with Crippen LogP contribution in [-0.2, 0) is 12.5 Å². The standard InChI is InChI=1S/C34H25ClF10O2/c1-2-3-4-5-6-7-8-19-9-11-20(12-10-19)21-14-25(36)30(26(37)15-21)22-13-24(35)31(27(38)16-22)33(41,42)46-23-17-28(39)32(29(40)18-23)47-34(43,44)45/h5-6,9-18H,2-4,7-8H2,1H3/b6-5+. The second-order valence-electron chi connectivity index (χ2n) is 10.4. The van der Waals surface area contributed by atoms with Crippen molar-refractivity contribution in [2.24, 2.45) is 0 Å². The zero-order chi connectivity index (χ0) is 34.5. The second-order valence-corrected chi connectivity index (χ2v) is 10.8. The first-order chi connectivity index (χ1) is 22.1. The fourth-order valence-electron chi connectivity index (χ4n) is 4.69. The Labute approximate surface area is 268 Å². The fourth-order valence-corrected chi connectivity index (χ4v) is 5.01. The Hall–Kier alpha value is -4.19. The molecule has 0 spiro atoms. The summed E-state index contributed by atoms with van der Waals surface area (Å²) in [6.45, 7) is 2.11. The van der Waals surface area contributed by atoms with Gasteiger partial charge in [0, 0.05) is 12.1 Å². The highest BCUT2D eigenvalue weighted by Gasteiger charge is 2.41. The maximum Gasteiger partial charge on any atom is 0.573 e. The average Bonchev–Trinajstić information content (AvgIpc) is 2.95. The number of rotatable bonds is 12. The number of unbranched alkanes of at least 4 members (excludes halogenated alkanes) is 2. The third-order valence-electron chi connectivity index (χ3n) is 6.88. The van der Waals surface area contributed by atoms with Gasteiger partial charge in [-0.15, -0.1) is 13.2 Å². The van der Waals surface area contributed by atoms with Crippen molar-refractivity contribution in [3.05, 3.63) is 118 Å². The molecule has 2 nitrogen and oxygen atoms in total. The number of hydrogen-bond donors (Lipinski definition) is 0. The van der Waals surface area contributed by atoms with Gasteiger partial charge >= 0.3 is 12.5 Å². The predicted molar refractivity (Wildman–Crippen MR) is 157 cm³/mol. The largest absolute Gasteiger partial charge is 0.573 e. The summed E-state index contributed by atoms with van der Waals surface area (Å²) in [6.07, 6.45) is -1.17. The molecule has 4 aromatic rings. The maximum absolute atomic E-state index is 15.2. The van der Waals surface area contributed by atoms with Crippen LogP contribution in [0.2, 0.25) is 5.02 Å². The van der Waals surface area contributed by atoms with Crippen LogP contribution < -0.4 is 9.47 Å². The summed E-state index contributed by atoms with van der Waals surface area (Å²) in [4.78, 5) is 0. The van der Waals surface area contributed by atoms with Crippen molar-refractivity contribution in [1.29, 1.82) is 0 Å². The van der Waals surface area contributed by atoms with Gasteiger partial charge in [-0.05, 0) is 65.8 Å². The van der Waals surface area contributed by atoms with Crippen LogP contribution in [-0.4, -0.2) is 6.36 Å². The summed E-state index contributed by atoms with van der Waals surface area (Å²) in [6, 6.07) is 9.87.